The molecule has 0 aromatic heterocycles. The zero-order chi connectivity index (χ0) is 14.3. The van der Waals surface area contributed by atoms with Crippen molar-refractivity contribution >= 4 is 11.9 Å². The van der Waals surface area contributed by atoms with Crippen LogP contribution in [0.15, 0.2) is 24.3 Å². The molecule has 104 valence electrons. The smallest absolute Gasteiger partial charge is 0.320 e. The van der Waals surface area contributed by atoms with Crippen molar-refractivity contribution in [3.63, 3.8) is 0 Å². The maximum Gasteiger partial charge on any atom is 0.320 e. The maximum absolute atomic E-state index is 11.5. The van der Waals surface area contributed by atoms with Gasteiger partial charge in [0, 0.05) is 18.5 Å². The minimum absolute atomic E-state index is 0.0859. The molecule has 4 N–H and O–H groups in total. The molecule has 19 heavy (non-hydrogen) atoms. The summed E-state index contributed by atoms with van der Waals surface area (Å²) < 4.78 is 5.16. The van der Waals surface area contributed by atoms with Crippen molar-refractivity contribution in [1.82, 2.24) is 5.32 Å². The molecule has 1 unspecified atom stereocenters. The van der Waals surface area contributed by atoms with E-state index >= 15 is 0 Å². The molecule has 0 fully saturated rings. The van der Waals surface area contributed by atoms with Gasteiger partial charge in [0.1, 0.15) is 11.8 Å². The summed E-state index contributed by atoms with van der Waals surface area (Å²) in [6.45, 7) is 0.338. The summed E-state index contributed by atoms with van der Waals surface area (Å²) in [7, 11) is 1.56. The van der Waals surface area contributed by atoms with Gasteiger partial charge in [-0.2, -0.15) is 0 Å². The Bertz CT molecular complexity index is 448. The number of nitrogens with two attached hydrogens (primary N) is 1. The van der Waals surface area contributed by atoms with Crippen LogP contribution in [0.3, 0.4) is 0 Å². The lowest BCUT2D eigenvalue weighted by Gasteiger charge is -2.10. The molecular formula is C13H18N2O4. The lowest BCUT2D eigenvalue weighted by Crippen LogP contribution is -2.32. The van der Waals surface area contributed by atoms with Gasteiger partial charge in [-0.15, -0.1) is 0 Å². The Morgan fingerprint density at radius 3 is 2.74 bits per heavy atom. The summed E-state index contributed by atoms with van der Waals surface area (Å²) in [5.74, 6) is -0.634. The van der Waals surface area contributed by atoms with Gasteiger partial charge in [0.2, 0.25) is 5.91 Å². The first-order chi connectivity index (χ1) is 9.04. The zero-order valence-corrected chi connectivity index (χ0v) is 10.8. The molecule has 0 aliphatic carbocycles. The number of carbonyl (C=O) groups excluding carboxylic acids is 1. The van der Waals surface area contributed by atoms with Gasteiger partial charge >= 0.3 is 5.97 Å². The third-order valence-electron chi connectivity index (χ3n) is 2.67. The fourth-order valence-corrected chi connectivity index (χ4v) is 1.54. The predicted octanol–water partition coefficient (Wildman–Crippen LogP) is 0.503. The first-order valence-corrected chi connectivity index (χ1v) is 5.91. The lowest BCUT2D eigenvalue weighted by molar-refractivity contribution is -0.138. The Morgan fingerprint density at radius 2 is 2.11 bits per heavy atom. The largest absolute Gasteiger partial charge is 0.496 e. The van der Waals surface area contributed by atoms with Crippen LogP contribution in [-0.4, -0.2) is 30.1 Å². The average Bonchev–Trinajstić information content (AvgIpc) is 2.42. The number of para-hydroxylation sites is 1. The number of ether oxygens (including phenoxy) is 1. The third-order valence-corrected chi connectivity index (χ3v) is 2.67. The molecule has 0 saturated carbocycles. The van der Waals surface area contributed by atoms with Crippen molar-refractivity contribution in [1.29, 1.82) is 0 Å². The fraction of sp³-hybridized carbons (Fsp3) is 0.385. The minimum Gasteiger partial charge on any atom is -0.496 e. The number of carboxylic acids is 1. The van der Waals surface area contributed by atoms with Crippen LogP contribution in [0.25, 0.3) is 0 Å². The third kappa shape index (κ3) is 4.97. The molecule has 6 heteroatoms. The Morgan fingerprint density at radius 1 is 1.42 bits per heavy atom. The number of aliphatic carboxylic acids is 1. The second-order valence-corrected chi connectivity index (χ2v) is 4.07. The topological polar surface area (TPSA) is 102 Å². The Kier molecular flexibility index (Phi) is 5.81. The summed E-state index contributed by atoms with van der Waals surface area (Å²) >= 11 is 0. The van der Waals surface area contributed by atoms with E-state index in [4.69, 9.17) is 15.6 Å². The normalized spacial score (nSPS) is 11.7. The van der Waals surface area contributed by atoms with Gasteiger partial charge in [0.05, 0.1) is 7.11 Å². The molecule has 0 aliphatic rings. The molecule has 0 saturated heterocycles. The van der Waals surface area contributed by atoms with E-state index in [1.54, 1.807) is 7.11 Å². The van der Waals surface area contributed by atoms with Gasteiger partial charge in [-0.25, -0.2) is 0 Å². The predicted molar refractivity (Wildman–Crippen MR) is 69.7 cm³/mol. The number of carbonyl (C=O) groups is 2. The van der Waals surface area contributed by atoms with Crippen LogP contribution in [0.2, 0.25) is 0 Å². The van der Waals surface area contributed by atoms with E-state index in [-0.39, 0.29) is 18.7 Å². The van der Waals surface area contributed by atoms with Gasteiger partial charge in [0.15, 0.2) is 0 Å². The van der Waals surface area contributed by atoms with Crippen LogP contribution in [0, 0.1) is 0 Å². The van der Waals surface area contributed by atoms with Crippen molar-refractivity contribution in [3.8, 4) is 5.75 Å². The van der Waals surface area contributed by atoms with Crippen LogP contribution in [0.5, 0.6) is 5.75 Å². The highest BCUT2D eigenvalue weighted by Gasteiger charge is 2.13. The molecule has 1 aromatic rings. The molecule has 0 heterocycles. The van der Waals surface area contributed by atoms with Crippen molar-refractivity contribution in [3.05, 3.63) is 29.8 Å². The fourth-order valence-electron chi connectivity index (χ4n) is 1.54. The molecular weight excluding hydrogens is 248 g/mol. The van der Waals surface area contributed by atoms with E-state index in [1.807, 2.05) is 24.3 Å². The number of rotatable bonds is 7. The zero-order valence-electron chi connectivity index (χ0n) is 10.8. The van der Waals surface area contributed by atoms with E-state index in [9.17, 15) is 9.59 Å². The SMILES string of the molecule is COc1ccccc1CNC(=O)CCC(N)C(=O)O. The van der Waals surface area contributed by atoms with Crippen molar-refractivity contribution < 1.29 is 19.4 Å². The molecule has 0 spiro atoms. The first kappa shape index (κ1) is 15.0. The molecule has 0 bridgehead atoms. The maximum atomic E-state index is 11.5. The van der Waals surface area contributed by atoms with Crippen LogP contribution < -0.4 is 15.8 Å². The van der Waals surface area contributed by atoms with E-state index in [2.05, 4.69) is 5.32 Å². The second-order valence-electron chi connectivity index (χ2n) is 4.07. The quantitative estimate of drug-likeness (QED) is 0.667. The lowest BCUT2D eigenvalue weighted by atomic mass is 10.1. The number of amides is 1. The number of benzene rings is 1. The number of methoxy groups -OCH3 is 1. The van der Waals surface area contributed by atoms with E-state index in [1.165, 1.54) is 0 Å². The number of nitrogens with one attached hydrogen (secondary N) is 1. The summed E-state index contributed by atoms with van der Waals surface area (Å²) in [6.07, 6.45) is 0.204. The second kappa shape index (κ2) is 7.38. The van der Waals surface area contributed by atoms with Crippen molar-refractivity contribution in [2.75, 3.05) is 7.11 Å². The van der Waals surface area contributed by atoms with Gasteiger partial charge in [0.25, 0.3) is 0 Å². The highest BCUT2D eigenvalue weighted by Crippen LogP contribution is 2.16. The molecule has 0 radical (unpaired) electrons. The van der Waals surface area contributed by atoms with E-state index in [0.717, 1.165) is 5.56 Å². The van der Waals surface area contributed by atoms with Gasteiger partial charge in [-0.05, 0) is 12.5 Å². The van der Waals surface area contributed by atoms with Crippen LogP contribution in [-0.2, 0) is 16.1 Å². The molecule has 6 nitrogen and oxygen atoms in total. The molecule has 0 aliphatic heterocycles. The van der Waals surface area contributed by atoms with E-state index in [0.29, 0.717) is 12.3 Å². The van der Waals surface area contributed by atoms with Crippen LogP contribution >= 0.6 is 0 Å². The molecule has 1 rings (SSSR count). The molecule has 1 amide bonds. The van der Waals surface area contributed by atoms with Crippen LogP contribution in [0.4, 0.5) is 0 Å². The number of hydrogen-bond acceptors (Lipinski definition) is 4. The number of carboxylic acid groups (broad SMARTS) is 1. The Balaban J connectivity index is 2.40. The minimum atomic E-state index is -1.10. The Labute approximate surface area is 111 Å². The molecule has 1 aromatic carbocycles. The Hall–Kier alpha value is -2.08. The van der Waals surface area contributed by atoms with Gasteiger partial charge in [-0.3, -0.25) is 9.59 Å². The van der Waals surface area contributed by atoms with E-state index < -0.39 is 12.0 Å². The molecule has 1 atom stereocenters. The number of hydrogen-bond donors (Lipinski definition) is 3. The van der Waals surface area contributed by atoms with Crippen LogP contribution in [0.1, 0.15) is 18.4 Å². The first-order valence-electron chi connectivity index (χ1n) is 5.91. The average molecular weight is 266 g/mol. The summed E-state index contributed by atoms with van der Waals surface area (Å²) in [4.78, 5) is 22.0. The van der Waals surface area contributed by atoms with Crippen molar-refractivity contribution in [2.24, 2.45) is 5.73 Å². The van der Waals surface area contributed by atoms with Gasteiger partial charge in [-0.1, -0.05) is 18.2 Å². The standard InChI is InChI=1S/C13H18N2O4/c1-19-11-5-3-2-4-9(11)8-15-12(16)7-6-10(14)13(17)18/h2-5,10H,6-8,14H2,1H3,(H,15,16)(H,17,18). The summed E-state index contributed by atoms with van der Waals surface area (Å²) in [5.41, 5.74) is 6.18. The van der Waals surface area contributed by atoms with Crippen molar-refractivity contribution in [2.45, 2.75) is 25.4 Å². The highest BCUT2D eigenvalue weighted by molar-refractivity contribution is 5.78. The summed E-state index contributed by atoms with van der Waals surface area (Å²) in [5, 5.41) is 11.3. The van der Waals surface area contributed by atoms with Gasteiger partial charge < -0.3 is 20.9 Å². The highest BCUT2D eigenvalue weighted by atomic mass is 16.5. The monoisotopic (exact) mass is 266 g/mol. The summed E-state index contributed by atoms with van der Waals surface area (Å²) in [6, 6.07) is 6.35.